The molecule has 0 bridgehead atoms. The Balaban J connectivity index is 2.41. The monoisotopic (exact) mass is 264 g/mol. The van der Waals surface area contributed by atoms with E-state index in [4.69, 9.17) is 0 Å². The van der Waals surface area contributed by atoms with Crippen LogP contribution < -0.4 is 0 Å². The summed E-state index contributed by atoms with van der Waals surface area (Å²) >= 11 is 0. The third-order valence-corrected chi connectivity index (χ3v) is 2.74. The van der Waals surface area contributed by atoms with E-state index in [1.165, 1.54) is 28.9 Å². The van der Waals surface area contributed by atoms with Gasteiger partial charge in [0.2, 0.25) is 0 Å². The van der Waals surface area contributed by atoms with Gasteiger partial charge in [-0.1, -0.05) is 13.3 Å². The molecule has 0 fully saturated rings. The molecule has 0 saturated carbocycles. The van der Waals surface area contributed by atoms with Crippen molar-refractivity contribution in [3.05, 3.63) is 30.1 Å². The van der Waals surface area contributed by atoms with Crippen LogP contribution in [0.25, 0.3) is 11.4 Å². The van der Waals surface area contributed by atoms with Crippen LogP contribution in [0.3, 0.4) is 0 Å². The molecule has 0 aliphatic rings. The van der Waals surface area contributed by atoms with Gasteiger partial charge in [-0.05, 0) is 41.1 Å². The number of rotatable bonds is 5. The predicted molar refractivity (Wildman–Crippen MR) is 64.8 cm³/mol. The summed E-state index contributed by atoms with van der Waals surface area (Å²) in [5.41, 5.74) is 0.578. The Kier molecular flexibility index (Phi) is 3.84. The smallest absolute Gasteiger partial charge is 0.328 e. The zero-order chi connectivity index (χ0) is 13.8. The second kappa shape index (κ2) is 5.55. The zero-order valence-corrected chi connectivity index (χ0v) is 10.3. The van der Waals surface area contributed by atoms with Crippen molar-refractivity contribution in [3.63, 3.8) is 0 Å². The first-order valence-electron chi connectivity index (χ1n) is 5.90. The molecular weight excluding hydrogens is 251 g/mol. The van der Waals surface area contributed by atoms with Crippen molar-refractivity contribution in [2.24, 2.45) is 0 Å². The third kappa shape index (κ3) is 2.75. The highest BCUT2D eigenvalue weighted by Gasteiger charge is 2.24. The molecule has 19 heavy (non-hydrogen) atoms. The Bertz CT molecular complexity index is 567. The maximum absolute atomic E-state index is 12.9. The Morgan fingerprint density at radius 1 is 1.42 bits per heavy atom. The Hall–Kier alpha value is -2.31. The molecule has 1 unspecified atom stereocenters. The first kappa shape index (κ1) is 13.1. The van der Waals surface area contributed by atoms with Crippen molar-refractivity contribution in [2.45, 2.75) is 25.8 Å². The van der Waals surface area contributed by atoms with Crippen molar-refractivity contribution in [1.29, 1.82) is 0 Å². The van der Waals surface area contributed by atoms with E-state index in [9.17, 15) is 14.3 Å². The summed E-state index contributed by atoms with van der Waals surface area (Å²) in [6, 6.07) is 4.78. The van der Waals surface area contributed by atoms with Gasteiger partial charge < -0.3 is 5.11 Å². The summed E-state index contributed by atoms with van der Waals surface area (Å²) in [5, 5.41) is 20.3. The van der Waals surface area contributed by atoms with E-state index in [0.29, 0.717) is 24.2 Å². The van der Waals surface area contributed by atoms with Crippen LogP contribution in [-0.4, -0.2) is 31.3 Å². The third-order valence-electron chi connectivity index (χ3n) is 2.74. The van der Waals surface area contributed by atoms with Crippen LogP contribution in [0, 0.1) is 5.82 Å². The van der Waals surface area contributed by atoms with Gasteiger partial charge in [0.05, 0.1) is 0 Å². The molecule has 1 heterocycles. The highest BCUT2D eigenvalue weighted by atomic mass is 19.1. The second-order valence-electron chi connectivity index (χ2n) is 4.10. The minimum atomic E-state index is -0.988. The number of carboxylic acids is 1. The number of aromatic nitrogens is 4. The van der Waals surface area contributed by atoms with Crippen LogP contribution in [0.1, 0.15) is 25.8 Å². The summed E-state index contributed by atoms with van der Waals surface area (Å²) in [7, 11) is 0. The lowest BCUT2D eigenvalue weighted by atomic mass is 10.1. The zero-order valence-electron chi connectivity index (χ0n) is 10.3. The van der Waals surface area contributed by atoms with E-state index in [0.717, 1.165) is 0 Å². The van der Waals surface area contributed by atoms with Gasteiger partial charge in [-0.2, -0.15) is 0 Å². The van der Waals surface area contributed by atoms with Gasteiger partial charge in [0.15, 0.2) is 11.9 Å². The van der Waals surface area contributed by atoms with Crippen molar-refractivity contribution >= 4 is 5.97 Å². The lowest BCUT2D eigenvalue weighted by molar-refractivity contribution is -0.141. The molecule has 0 saturated heterocycles. The Morgan fingerprint density at radius 2 is 2.11 bits per heavy atom. The summed E-state index contributed by atoms with van der Waals surface area (Å²) in [6.07, 6.45) is 1.12. The van der Waals surface area contributed by atoms with Crippen molar-refractivity contribution < 1.29 is 14.3 Å². The molecule has 2 aromatic rings. The van der Waals surface area contributed by atoms with Crippen LogP contribution in [0.5, 0.6) is 0 Å². The summed E-state index contributed by atoms with van der Waals surface area (Å²) in [5.74, 6) is -1.04. The molecule has 1 N–H and O–H groups in total. The predicted octanol–water partition coefficient (Wildman–Crippen LogP) is 1.90. The summed E-state index contributed by atoms with van der Waals surface area (Å²) in [6.45, 7) is 1.89. The Labute approximate surface area is 108 Å². The molecule has 0 radical (unpaired) electrons. The van der Waals surface area contributed by atoms with Crippen LogP contribution in [-0.2, 0) is 4.79 Å². The first-order chi connectivity index (χ1) is 9.13. The highest BCUT2D eigenvalue weighted by molar-refractivity contribution is 5.72. The molecule has 0 aliphatic carbocycles. The van der Waals surface area contributed by atoms with E-state index in [-0.39, 0.29) is 5.82 Å². The van der Waals surface area contributed by atoms with Crippen molar-refractivity contribution in [3.8, 4) is 11.4 Å². The fourth-order valence-electron chi connectivity index (χ4n) is 1.82. The fourth-order valence-corrected chi connectivity index (χ4v) is 1.82. The number of benzene rings is 1. The minimum Gasteiger partial charge on any atom is -0.480 e. The number of carboxylic acid groups (broad SMARTS) is 1. The van der Waals surface area contributed by atoms with Gasteiger partial charge >= 0.3 is 5.97 Å². The number of hydrogen-bond donors (Lipinski definition) is 1. The number of halogens is 1. The molecular formula is C12H13FN4O2. The van der Waals surface area contributed by atoms with Crippen LogP contribution in [0.2, 0.25) is 0 Å². The summed E-state index contributed by atoms with van der Waals surface area (Å²) in [4.78, 5) is 11.2. The largest absolute Gasteiger partial charge is 0.480 e. The van der Waals surface area contributed by atoms with E-state index in [1.54, 1.807) is 0 Å². The van der Waals surface area contributed by atoms with Gasteiger partial charge in [0, 0.05) is 5.56 Å². The average Bonchev–Trinajstić information content (AvgIpc) is 2.85. The Morgan fingerprint density at radius 3 is 2.68 bits per heavy atom. The first-order valence-corrected chi connectivity index (χ1v) is 5.90. The van der Waals surface area contributed by atoms with Crippen LogP contribution in [0.15, 0.2) is 24.3 Å². The highest BCUT2D eigenvalue weighted by Crippen LogP contribution is 2.22. The molecule has 2 rings (SSSR count). The lowest BCUT2D eigenvalue weighted by Gasteiger charge is -2.12. The maximum atomic E-state index is 12.9. The number of aliphatic carboxylic acids is 1. The molecule has 0 aliphatic heterocycles. The molecule has 1 aromatic heterocycles. The number of carbonyl (C=O) groups is 1. The van der Waals surface area contributed by atoms with Crippen molar-refractivity contribution in [2.75, 3.05) is 0 Å². The van der Waals surface area contributed by atoms with Crippen molar-refractivity contribution in [1.82, 2.24) is 20.2 Å². The maximum Gasteiger partial charge on any atom is 0.328 e. The minimum absolute atomic E-state index is 0.320. The lowest BCUT2D eigenvalue weighted by Crippen LogP contribution is -2.21. The molecule has 6 nitrogen and oxygen atoms in total. The molecule has 1 aromatic carbocycles. The fraction of sp³-hybridized carbons (Fsp3) is 0.333. The van der Waals surface area contributed by atoms with Gasteiger partial charge in [-0.3, -0.25) is 0 Å². The normalized spacial score (nSPS) is 12.3. The quantitative estimate of drug-likeness (QED) is 0.892. The standard InChI is InChI=1S/C12H13FN4O2/c1-2-3-10(12(18)19)17-11(14-15-16-17)8-4-6-9(13)7-5-8/h4-7,10H,2-3H2,1H3,(H,18,19). The number of nitrogens with zero attached hydrogens (tertiary/aromatic N) is 4. The van der Waals surface area contributed by atoms with Gasteiger partial charge in [0.25, 0.3) is 0 Å². The van der Waals surface area contributed by atoms with Gasteiger partial charge in [0.1, 0.15) is 5.82 Å². The van der Waals surface area contributed by atoms with Crippen LogP contribution >= 0.6 is 0 Å². The van der Waals surface area contributed by atoms with E-state index >= 15 is 0 Å². The second-order valence-corrected chi connectivity index (χ2v) is 4.10. The average molecular weight is 264 g/mol. The molecule has 0 spiro atoms. The molecule has 100 valence electrons. The van der Waals surface area contributed by atoms with E-state index < -0.39 is 12.0 Å². The molecule has 1 atom stereocenters. The molecule has 0 amide bonds. The molecule has 7 heteroatoms. The number of hydrogen-bond acceptors (Lipinski definition) is 4. The van der Waals surface area contributed by atoms with E-state index in [1.807, 2.05) is 6.92 Å². The van der Waals surface area contributed by atoms with E-state index in [2.05, 4.69) is 15.5 Å². The van der Waals surface area contributed by atoms with Gasteiger partial charge in [-0.15, -0.1) is 5.10 Å². The summed E-state index contributed by atoms with van der Waals surface area (Å²) < 4.78 is 14.1. The number of tetrazole rings is 1. The SMILES string of the molecule is CCCC(C(=O)O)n1nnnc1-c1ccc(F)cc1. The topological polar surface area (TPSA) is 80.9 Å². The van der Waals surface area contributed by atoms with Gasteiger partial charge in [-0.25, -0.2) is 13.9 Å². The van der Waals surface area contributed by atoms with Crippen LogP contribution in [0.4, 0.5) is 4.39 Å².